The van der Waals surface area contributed by atoms with E-state index in [2.05, 4.69) is 0 Å². The van der Waals surface area contributed by atoms with Crippen molar-refractivity contribution < 1.29 is 33.2 Å². The maximum Gasteiger partial charge on any atom is 0.303 e. The fourth-order valence-electron chi connectivity index (χ4n) is 2.24. The molecule has 0 radical (unpaired) electrons. The lowest BCUT2D eigenvalue weighted by Gasteiger charge is -2.43. The zero-order chi connectivity index (χ0) is 14.4. The molecule has 1 fully saturated rings. The molecule has 0 aromatic heterocycles. The van der Waals surface area contributed by atoms with Gasteiger partial charge in [-0.2, -0.15) is 0 Å². The van der Waals surface area contributed by atoms with Crippen LogP contribution in [0.3, 0.4) is 0 Å². The highest BCUT2D eigenvalue weighted by Crippen LogP contribution is 2.28. The van der Waals surface area contributed by atoms with Crippen LogP contribution in [0, 0.1) is 0 Å². The number of esters is 1. The first-order chi connectivity index (χ1) is 9.08. The minimum absolute atomic E-state index is 0.324. The molecule has 1 aliphatic heterocycles. The van der Waals surface area contributed by atoms with Crippen molar-refractivity contribution in [3.63, 3.8) is 0 Å². The summed E-state index contributed by atoms with van der Waals surface area (Å²) in [4.78, 5) is 11.2. The molecular formula is C12H22O7. The number of carbonyl (C=O) groups excluding carboxylic acids is 1. The van der Waals surface area contributed by atoms with E-state index in [1.165, 1.54) is 21.1 Å². The molecule has 1 heterocycles. The summed E-state index contributed by atoms with van der Waals surface area (Å²) in [5.41, 5.74) is 0. The standard InChI is InChI=1S/C12H22O7/c1-7(13)18-11-10(16-4)9(15-3)8(6-14-2)19-12(11)17-5/h8-12H,6H2,1-5H3/t8-,9-,10+,11-,12-/m1/s1. The third-order valence-electron chi connectivity index (χ3n) is 3.00. The molecule has 1 aliphatic rings. The molecule has 0 aromatic rings. The van der Waals surface area contributed by atoms with Crippen LogP contribution in [0.2, 0.25) is 0 Å². The van der Waals surface area contributed by atoms with Gasteiger partial charge in [0.05, 0.1) is 6.61 Å². The van der Waals surface area contributed by atoms with Crippen LogP contribution in [0.15, 0.2) is 0 Å². The summed E-state index contributed by atoms with van der Waals surface area (Å²) in [5.74, 6) is -0.433. The van der Waals surface area contributed by atoms with Crippen molar-refractivity contribution in [2.75, 3.05) is 35.0 Å². The largest absolute Gasteiger partial charge is 0.454 e. The van der Waals surface area contributed by atoms with Crippen molar-refractivity contribution in [3.8, 4) is 0 Å². The summed E-state index contributed by atoms with van der Waals surface area (Å²) in [6.07, 6.45) is -2.68. The predicted octanol–water partition coefficient (Wildman–Crippen LogP) is -0.0342. The second kappa shape index (κ2) is 7.76. The number of hydrogen-bond acceptors (Lipinski definition) is 7. The van der Waals surface area contributed by atoms with E-state index >= 15 is 0 Å². The van der Waals surface area contributed by atoms with E-state index in [4.69, 9.17) is 28.4 Å². The molecule has 0 bridgehead atoms. The van der Waals surface area contributed by atoms with Gasteiger partial charge in [-0.3, -0.25) is 4.79 Å². The highest BCUT2D eigenvalue weighted by atomic mass is 16.7. The molecule has 19 heavy (non-hydrogen) atoms. The Morgan fingerprint density at radius 2 is 1.63 bits per heavy atom. The number of methoxy groups -OCH3 is 4. The van der Waals surface area contributed by atoms with E-state index in [0.29, 0.717) is 6.61 Å². The van der Waals surface area contributed by atoms with Crippen molar-refractivity contribution >= 4 is 5.97 Å². The number of hydrogen-bond donors (Lipinski definition) is 0. The molecule has 1 saturated heterocycles. The SMILES string of the molecule is COC[C@H]1O[C@@H](OC)[C@H](OC(C)=O)[C@@H](OC)[C@@H]1OC. The summed E-state index contributed by atoms with van der Waals surface area (Å²) < 4.78 is 32.0. The Morgan fingerprint density at radius 3 is 2.05 bits per heavy atom. The van der Waals surface area contributed by atoms with Crippen molar-refractivity contribution in [3.05, 3.63) is 0 Å². The van der Waals surface area contributed by atoms with Gasteiger partial charge in [0, 0.05) is 35.4 Å². The van der Waals surface area contributed by atoms with Crippen LogP contribution >= 0.6 is 0 Å². The number of ether oxygens (including phenoxy) is 6. The van der Waals surface area contributed by atoms with Gasteiger partial charge in [0.15, 0.2) is 12.4 Å². The summed E-state index contributed by atoms with van der Waals surface area (Å²) in [6.45, 7) is 1.65. The summed E-state index contributed by atoms with van der Waals surface area (Å²) in [6, 6.07) is 0. The lowest BCUT2D eigenvalue weighted by Crippen LogP contribution is -2.61. The Morgan fingerprint density at radius 1 is 1.00 bits per heavy atom. The van der Waals surface area contributed by atoms with Crippen molar-refractivity contribution in [2.45, 2.75) is 37.6 Å². The van der Waals surface area contributed by atoms with Gasteiger partial charge in [-0.15, -0.1) is 0 Å². The van der Waals surface area contributed by atoms with E-state index in [1.807, 2.05) is 0 Å². The fourth-order valence-corrected chi connectivity index (χ4v) is 2.24. The summed E-state index contributed by atoms with van der Waals surface area (Å²) in [7, 11) is 6.11. The number of rotatable bonds is 6. The first-order valence-corrected chi connectivity index (χ1v) is 5.99. The molecule has 7 heteroatoms. The van der Waals surface area contributed by atoms with Gasteiger partial charge in [0.25, 0.3) is 0 Å². The zero-order valence-electron chi connectivity index (χ0n) is 12.0. The Balaban J connectivity index is 2.92. The topological polar surface area (TPSA) is 72.5 Å². The zero-order valence-corrected chi connectivity index (χ0v) is 12.0. The predicted molar refractivity (Wildman–Crippen MR) is 64.7 cm³/mol. The molecule has 0 unspecified atom stereocenters. The maximum atomic E-state index is 11.2. The molecule has 0 amide bonds. The van der Waals surface area contributed by atoms with E-state index < -0.39 is 30.6 Å². The fraction of sp³-hybridized carbons (Fsp3) is 0.917. The Hall–Kier alpha value is -0.730. The minimum Gasteiger partial charge on any atom is -0.454 e. The van der Waals surface area contributed by atoms with Crippen LogP contribution in [0.4, 0.5) is 0 Å². The molecule has 0 spiro atoms. The maximum absolute atomic E-state index is 11.2. The molecule has 0 aromatic carbocycles. The summed E-state index contributed by atoms with van der Waals surface area (Å²) >= 11 is 0. The molecule has 0 aliphatic carbocycles. The highest BCUT2D eigenvalue weighted by Gasteiger charge is 2.48. The first-order valence-electron chi connectivity index (χ1n) is 5.99. The normalized spacial score (nSPS) is 35.1. The average Bonchev–Trinajstić information content (AvgIpc) is 2.38. The molecule has 5 atom stereocenters. The van der Waals surface area contributed by atoms with Crippen LogP contribution in [-0.2, 0) is 33.2 Å². The van der Waals surface area contributed by atoms with Gasteiger partial charge in [-0.1, -0.05) is 0 Å². The van der Waals surface area contributed by atoms with Crippen LogP contribution in [-0.4, -0.2) is 71.7 Å². The van der Waals surface area contributed by atoms with Gasteiger partial charge in [0.2, 0.25) is 0 Å². The van der Waals surface area contributed by atoms with Crippen molar-refractivity contribution in [1.82, 2.24) is 0 Å². The Bertz CT molecular complexity index is 283. The lowest BCUT2D eigenvalue weighted by molar-refractivity contribution is -0.305. The second-order valence-corrected chi connectivity index (χ2v) is 4.21. The van der Waals surface area contributed by atoms with Gasteiger partial charge in [-0.05, 0) is 0 Å². The number of carbonyl (C=O) groups is 1. The first kappa shape index (κ1) is 16.3. The van der Waals surface area contributed by atoms with Crippen LogP contribution in [0.5, 0.6) is 0 Å². The van der Waals surface area contributed by atoms with Gasteiger partial charge < -0.3 is 28.4 Å². The molecule has 7 nitrogen and oxygen atoms in total. The van der Waals surface area contributed by atoms with Gasteiger partial charge >= 0.3 is 5.97 Å². The van der Waals surface area contributed by atoms with E-state index in [0.717, 1.165) is 0 Å². The third-order valence-corrected chi connectivity index (χ3v) is 3.00. The summed E-state index contributed by atoms with van der Waals surface area (Å²) in [5, 5.41) is 0. The molecule has 0 saturated carbocycles. The van der Waals surface area contributed by atoms with E-state index in [-0.39, 0.29) is 6.10 Å². The molecular weight excluding hydrogens is 256 g/mol. The smallest absolute Gasteiger partial charge is 0.303 e. The second-order valence-electron chi connectivity index (χ2n) is 4.21. The van der Waals surface area contributed by atoms with E-state index in [1.54, 1.807) is 14.2 Å². The van der Waals surface area contributed by atoms with Crippen LogP contribution in [0.1, 0.15) is 6.92 Å². The molecule has 1 rings (SSSR count). The monoisotopic (exact) mass is 278 g/mol. The minimum atomic E-state index is -0.722. The Kier molecular flexibility index (Phi) is 6.67. The lowest BCUT2D eigenvalue weighted by atomic mass is 9.98. The average molecular weight is 278 g/mol. The third kappa shape index (κ3) is 3.87. The molecule has 0 N–H and O–H groups in total. The molecule has 112 valence electrons. The van der Waals surface area contributed by atoms with Crippen LogP contribution in [0.25, 0.3) is 0 Å². The van der Waals surface area contributed by atoms with Crippen molar-refractivity contribution in [1.29, 1.82) is 0 Å². The van der Waals surface area contributed by atoms with E-state index in [9.17, 15) is 4.79 Å². The van der Waals surface area contributed by atoms with Gasteiger partial charge in [-0.25, -0.2) is 0 Å². The van der Waals surface area contributed by atoms with Crippen LogP contribution < -0.4 is 0 Å². The van der Waals surface area contributed by atoms with Gasteiger partial charge in [0.1, 0.15) is 18.3 Å². The quantitative estimate of drug-likeness (QED) is 0.631. The highest BCUT2D eigenvalue weighted by molar-refractivity contribution is 5.66. The Labute approximate surface area is 113 Å². The van der Waals surface area contributed by atoms with Crippen molar-refractivity contribution in [2.24, 2.45) is 0 Å².